The van der Waals surface area contributed by atoms with Gasteiger partial charge in [-0.2, -0.15) is 8.42 Å². The van der Waals surface area contributed by atoms with E-state index in [1.165, 1.54) is 27.4 Å². The first-order valence-corrected chi connectivity index (χ1v) is 8.37. The Bertz CT molecular complexity index is 490. The molecule has 0 aliphatic heterocycles. The van der Waals surface area contributed by atoms with Crippen LogP contribution >= 0.6 is 43.8 Å². The third-order valence-electron chi connectivity index (χ3n) is 1.55. The van der Waals surface area contributed by atoms with Crippen molar-refractivity contribution >= 4 is 57.0 Å². The summed E-state index contributed by atoms with van der Waals surface area (Å²) in [5, 5.41) is 8.81. The zero-order valence-electron chi connectivity index (χ0n) is 6.86. The number of nitrogens with zero attached hydrogens (tertiary/aromatic N) is 1. The number of carboxylic acid groups (broad SMARTS) is 1. The number of aryl methyl sites for hydroxylation is 1. The number of aromatic carboxylic acids is 1. The molecule has 0 fully saturated rings. The highest BCUT2D eigenvalue weighted by Crippen LogP contribution is 2.23. The van der Waals surface area contributed by atoms with Crippen LogP contribution in [0.1, 0.15) is 15.9 Å². The van der Waals surface area contributed by atoms with E-state index in [4.69, 9.17) is 5.11 Å². The molecule has 0 saturated carbocycles. The maximum Gasteiger partial charge on any atom is 0.338 e. The molecule has 78 valence electrons. The Labute approximate surface area is 106 Å². The molecule has 0 bridgehead atoms. The Morgan fingerprint density at radius 1 is 1.57 bits per heavy atom. The minimum Gasteiger partial charge on any atom is -0.478 e. The van der Waals surface area contributed by atoms with Gasteiger partial charge in [-0.1, -0.05) is 0 Å². The smallest absolute Gasteiger partial charge is 0.338 e. The number of rotatable bonds is 2. The molecule has 0 saturated heterocycles. The summed E-state index contributed by atoms with van der Waals surface area (Å²) in [6, 6.07) is 0. The maximum absolute atomic E-state index is 11.2. The van der Waals surface area contributed by atoms with Crippen molar-refractivity contribution in [2.45, 2.75) is 6.92 Å². The largest absolute Gasteiger partial charge is 0.478 e. The summed E-state index contributed by atoms with van der Waals surface area (Å²) in [5.74, 6) is -1.12. The number of hydrogen-bond acceptors (Lipinski definition) is 3. The zero-order valence-corrected chi connectivity index (χ0v) is 12.0. The highest BCUT2D eigenvalue weighted by Gasteiger charge is 2.21. The van der Waals surface area contributed by atoms with E-state index in [-0.39, 0.29) is 9.26 Å². The zero-order chi connectivity index (χ0) is 11.1. The van der Waals surface area contributed by atoms with Crippen LogP contribution in [0.25, 0.3) is 0 Å². The first-order valence-electron chi connectivity index (χ1n) is 3.31. The summed E-state index contributed by atoms with van der Waals surface area (Å²) in [6.07, 6.45) is 1.30. The molecule has 0 spiro atoms. The molecule has 5 nitrogen and oxygen atoms in total. The van der Waals surface area contributed by atoms with Crippen LogP contribution in [0.3, 0.4) is 0 Å². The van der Waals surface area contributed by atoms with Crippen LogP contribution in [0, 0.1) is 10.6 Å². The van der Waals surface area contributed by atoms with Crippen LogP contribution in [-0.4, -0.2) is 23.5 Å². The molecule has 0 amide bonds. The van der Waals surface area contributed by atoms with Gasteiger partial charge in [0.2, 0.25) is 0 Å². The van der Waals surface area contributed by atoms with Crippen LogP contribution in [0.5, 0.6) is 0 Å². The average Bonchev–Trinajstić information content (AvgIpc) is 2.24. The second-order valence-electron chi connectivity index (χ2n) is 2.52. The van der Waals surface area contributed by atoms with E-state index in [0.29, 0.717) is 5.56 Å². The molecular weight excluding hydrogens is 436 g/mol. The number of aromatic nitrogens is 1. The first kappa shape index (κ1) is 12.2. The normalized spacial score (nSPS) is 11.6. The Balaban J connectivity index is 3.55. The topological polar surface area (TPSA) is 76.4 Å². The van der Waals surface area contributed by atoms with E-state index in [2.05, 4.69) is 0 Å². The second-order valence-corrected chi connectivity index (χ2v) is 8.10. The highest BCUT2D eigenvalue weighted by atomic mass is 127. The van der Waals surface area contributed by atoms with Crippen molar-refractivity contribution in [3.63, 3.8) is 0 Å². The number of hydrogen-bond donors (Lipinski definition) is 1. The molecule has 0 atom stereocenters. The number of carbonyl (C=O) groups is 1. The lowest BCUT2D eigenvalue weighted by Crippen LogP contribution is -2.07. The molecule has 1 aromatic heterocycles. The van der Waals surface area contributed by atoms with Gasteiger partial charge >= 0.3 is 5.97 Å². The van der Waals surface area contributed by atoms with Gasteiger partial charge in [-0.05, 0) is 35.1 Å². The van der Waals surface area contributed by atoms with Crippen molar-refractivity contribution in [3.05, 3.63) is 21.0 Å². The van der Waals surface area contributed by atoms with Gasteiger partial charge < -0.3 is 5.11 Å². The van der Waals surface area contributed by atoms with Crippen molar-refractivity contribution in [1.82, 2.24) is 3.97 Å². The molecule has 0 aliphatic rings. The molecule has 0 unspecified atom stereocenters. The lowest BCUT2D eigenvalue weighted by molar-refractivity contribution is 0.0695. The standard InChI is InChI=1S/C6H5I2NO4S/c1-3-2-9(14(8,12)13)5(7)4(3)6(10)11/h2H,1H3,(H,10,11). The maximum atomic E-state index is 11.2. The minimum absolute atomic E-state index is 0.0332. The van der Waals surface area contributed by atoms with E-state index in [1.807, 2.05) is 0 Å². The van der Waals surface area contributed by atoms with Crippen molar-refractivity contribution in [2.24, 2.45) is 0 Å². The molecule has 1 aromatic rings. The van der Waals surface area contributed by atoms with Crippen LogP contribution in [0.15, 0.2) is 6.20 Å². The summed E-state index contributed by atoms with van der Waals surface area (Å²) in [5.41, 5.74) is 0.466. The van der Waals surface area contributed by atoms with E-state index >= 15 is 0 Å². The number of carboxylic acids is 1. The summed E-state index contributed by atoms with van der Waals surface area (Å²) in [4.78, 5) is 10.8. The molecule has 14 heavy (non-hydrogen) atoms. The fourth-order valence-corrected chi connectivity index (χ4v) is 5.19. The van der Waals surface area contributed by atoms with Gasteiger partial charge in [0, 0.05) is 6.20 Å². The quantitative estimate of drug-likeness (QED) is 0.560. The molecule has 8 heteroatoms. The van der Waals surface area contributed by atoms with Gasteiger partial charge in [0.25, 0.3) is 7.19 Å². The first-order chi connectivity index (χ1) is 6.25. The lowest BCUT2D eigenvalue weighted by atomic mass is 10.2. The molecule has 1 rings (SSSR count). The highest BCUT2D eigenvalue weighted by molar-refractivity contribution is 14.2. The Kier molecular flexibility index (Phi) is 3.46. The third kappa shape index (κ3) is 2.21. The number of halogens is 2. The summed E-state index contributed by atoms with van der Waals surface area (Å²) in [7, 11) is -3.45. The minimum atomic E-state index is -3.45. The van der Waals surface area contributed by atoms with Gasteiger partial charge in [-0.15, -0.1) is 0 Å². The predicted octanol–water partition coefficient (Wildman–Crippen LogP) is 1.63. The summed E-state index contributed by atoms with van der Waals surface area (Å²) < 4.78 is 23.5. The fourth-order valence-electron chi connectivity index (χ4n) is 0.986. The summed E-state index contributed by atoms with van der Waals surface area (Å²) >= 11 is 2.96. The predicted molar refractivity (Wildman–Crippen MR) is 67.2 cm³/mol. The Morgan fingerprint density at radius 3 is 2.29 bits per heavy atom. The molecule has 0 radical (unpaired) electrons. The van der Waals surface area contributed by atoms with Gasteiger partial charge in [0.05, 0.1) is 26.8 Å². The van der Waals surface area contributed by atoms with E-state index in [1.54, 1.807) is 29.5 Å². The summed E-state index contributed by atoms with van der Waals surface area (Å²) in [6.45, 7) is 1.56. The van der Waals surface area contributed by atoms with E-state index < -0.39 is 13.2 Å². The van der Waals surface area contributed by atoms with Gasteiger partial charge in [0.1, 0.15) is 3.70 Å². The molecule has 1 heterocycles. The fraction of sp³-hybridized carbons (Fsp3) is 0.167. The van der Waals surface area contributed by atoms with Gasteiger partial charge in [0.15, 0.2) is 0 Å². The monoisotopic (exact) mass is 441 g/mol. The molecule has 1 N–H and O–H groups in total. The van der Waals surface area contributed by atoms with Crippen LogP contribution < -0.4 is 0 Å². The van der Waals surface area contributed by atoms with Gasteiger partial charge in [-0.25, -0.2) is 8.77 Å². The van der Waals surface area contributed by atoms with Crippen molar-refractivity contribution < 1.29 is 18.3 Å². The van der Waals surface area contributed by atoms with Crippen LogP contribution in [0.4, 0.5) is 0 Å². The third-order valence-corrected chi connectivity index (χ3v) is 4.97. The SMILES string of the molecule is Cc1cn(S(=O)(=O)I)c(I)c1C(=O)O. The van der Waals surface area contributed by atoms with E-state index in [0.717, 1.165) is 3.97 Å². The van der Waals surface area contributed by atoms with Gasteiger partial charge in [-0.3, -0.25) is 0 Å². The van der Waals surface area contributed by atoms with E-state index in [9.17, 15) is 13.2 Å². The van der Waals surface area contributed by atoms with Crippen molar-refractivity contribution in [2.75, 3.05) is 0 Å². The Morgan fingerprint density at radius 2 is 2.07 bits per heavy atom. The molecular formula is C6H5I2NO4S. The average molecular weight is 441 g/mol. The Hall–Kier alpha value is 0.160. The van der Waals surface area contributed by atoms with Crippen molar-refractivity contribution in [3.8, 4) is 0 Å². The van der Waals surface area contributed by atoms with Crippen molar-refractivity contribution in [1.29, 1.82) is 0 Å². The van der Waals surface area contributed by atoms with Crippen LogP contribution in [-0.2, 0) is 7.19 Å². The van der Waals surface area contributed by atoms with Crippen LogP contribution in [0.2, 0.25) is 0 Å². The lowest BCUT2D eigenvalue weighted by Gasteiger charge is -1.98. The second kappa shape index (κ2) is 3.96. The molecule has 0 aliphatic carbocycles. The molecule has 0 aromatic carbocycles.